The first-order chi connectivity index (χ1) is 7.23. The summed E-state index contributed by atoms with van der Waals surface area (Å²) in [6.45, 7) is 5.56. The number of carbonyl (C=O) groups excluding carboxylic acids is 1. The quantitative estimate of drug-likeness (QED) is 0.637. The number of hydrogen-bond acceptors (Lipinski definition) is 5. The van der Waals surface area contributed by atoms with Crippen molar-refractivity contribution in [1.82, 2.24) is 5.16 Å². The molecular weight excluding hydrogens is 212 g/mol. The van der Waals surface area contributed by atoms with Crippen LogP contribution in [0.25, 0.3) is 0 Å². The molecule has 1 aromatic rings. The highest BCUT2D eigenvalue weighted by Crippen LogP contribution is 2.30. The summed E-state index contributed by atoms with van der Waals surface area (Å²) in [4.78, 5) is 10.6. The van der Waals surface area contributed by atoms with Crippen molar-refractivity contribution in [1.29, 1.82) is 0 Å². The second kappa shape index (κ2) is 4.13. The van der Waals surface area contributed by atoms with Crippen molar-refractivity contribution in [2.24, 2.45) is 0 Å². The Balaban J connectivity index is 3.04. The molecule has 0 saturated carbocycles. The van der Waals surface area contributed by atoms with Gasteiger partial charge >= 0.3 is 0 Å². The van der Waals surface area contributed by atoms with Gasteiger partial charge in [0.2, 0.25) is 0 Å². The second-order valence-corrected chi connectivity index (χ2v) is 4.77. The number of carboxylic acid groups (broad SMARTS) is 1. The molecule has 16 heavy (non-hydrogen) atoms. The topological polar surface area (TPSA) is 117 Å². The molecule has 1 aromatic heterocycles. The van der Waals surface area contributed by atoms with Crippen LogP contribution in [0.15, 0.2) is 4.52 Å². The number of aromatic nitrogens is 1. The summed E-state index contributed by atoms with van der Waals surface area (Å²) < 4.78 is 4.94. The van der Waals surface area contributed by atoms with Crippen LogP contribution in [0.2, 0.25) is 0 Å². The zero-order chi connectivity index (χ0) is 12.5. The lowest BCUT2D eigenvalue weighted by molar-refractivity contribution is -0.437. The Kier molecular flexibility index (Phi) is 3.23. The van der Waals surface area contributed by atoms with Gasteiger partial charge < -0.3 is 25.3 Å². The molecule has 6 nitrogen and oxygen atoms in total. The van der Waals surface area contributed by atoms with Gasteiger partial charge in [-0.1, -0.05) is 25.9 Å². The van der Waals surface area contributed by atoms with E-state index in [2.05, 4.69) is 10.9 Å². The predicted molar refractivity (Wildman–Crippen MR) is 50.0 cm³/mol. The van der Waals surface area contributed by atoms with Gasteiger partial charge in [0.05, 0.1) is 5.97 Å². The molecule has 1 rings (SSSR count). The molecule has 6 heteroatoms. The van der Waals surface area contributed by atoms with Crippen LogP contribution in [-0.2, 0) is 16.6 Å². The predicted octanol–water partition coefficient (Wildman–Crippen LogP) is -2.05. The lowest BCUT2D eigenvalue weighted by Gasteiger charge is -2.18. The Morgan fingerprint density at radius 2 is 2.12 bits per heavy atom. The number of hydrogen-bond donors (Lipinski definition) is 1. The normalized spacial score (nSPS) is 13.8. The number of quaternary nitrogens is 1. The molecule has 3 N–H and O–H groups in total. The lowest BCUT2D eigenvalue weighted by Crippen LogP contribution is -2.69. The minimum Gasteiger partial charge on any atom is -0.856 e. The Labute approximate surface area is 93.0 Å². The minimum atomic E-state index is -1.29. The third-order valence-corrected chi connectivity index (χ3v) is 2.22. The van der Waals surface area contributed by atoms with Crippen molar-refractivity contribution in [3.05, 3.63) is 11.3 Å². The monoisotopic (exact) mass is 227 g/mol. The molecule has 0 radical (unpaired) electrons. The highest BCUT2D eigenvalue weighted by atomic mass is 16.5. The molecule has 0 fully saturated rings. The number of aliphatic carboxylic acids is 1. The molecule has 0 saturated heterocycles. The van der Waals surface area contributed by atoms with Gasteiger partial charge in [-0.2, -0.15) is 0 Å². The van der Waals surface area contributed by atoms with E-state index in [9.17, 15) is 15.0 Å². The van der Waals surface area contributed by atoms with Crippen LogP contribution in [0.1, 0.15) is 32.1 Å². The van der Waals surface area contributed by atoms with Crippen LogP contribution < -0.4 is 15.9 Å². The van der Waals surface area contributed by atoms with E-state index in [0.717, 1.165) is 0 Å². The maximum atomic E-state index is 11.4. The fraction of sp³-hybridized carbons (Fsp3) is 0.600. The second-order valence-electron chi connectivity index (χ2n) is 4.77. The zero-order valence-electron chi connectivity index (χ0n) is 9.57. The molecule has 0 spiro atoms. The Hall–Kier alpha value is -1.56. The highest BCUT2D eigenvalue weighted by Gasteiger charge is 2.26. The molecule has 0 aromatic carbocycles. The fourth-order valence-electron chi connectivity index (χ4n) is 1.39. The van der Waals surface area contributed by atoms with Gasteiger partial charge in [-0.15, -0.1) is 0 Å². The largest absolute Gasteiger partial charge is 0.856 e. The molecule has 90 valence electrons. The van der Waals surface area contributed by atoms with Gasteiger partial charge in [-0.25, -0.2) is 0 Å². The Bertz CT molecular complexity index is 392. The average Bonchev–Trinajstić information content (AvgIpc) is 2.47. The van der Waals surface area contributed by atoms with Crippen molar-refractivity contribution in [3.63, 3.8) is 0 Å². The van der Waals surface area contributed by atoms with E-state index in [1.807, 2.05) is 20.8 Å². The summed E-state index contributed by atoms with van der Waals surface area (Å²) >= 11 is 0. The first-order valence-electron chi connectivity index (χ1n) is 4.93. The van der Waals surface area contributed by atoms with Gasteiger partial charge in [0.15, 0.2) is 0 Å². The molecule has 0 bridgehead atoms. The number of nitrogens with zero attached hydrogens (tertiary/aromatic N) is 1. The summed E-state index contributed by atoms with van der Waals surface area (Å²) in [5.41, 5.74) is 3.29. The maximum Gasteiger partial charge on any atom is 0.144 e. The minimum absolute atomic E-state index is 0.0166. The first kappa shape index (κ1) is 12.5. The van der Waals surface area contributed by atoms with Gasteiger partial charge in [0, 0.05) is 23.3 Å². The van der Waals surface area contributed by atoms with E-state index in [0.29, 0.717) is 5.76 Å². The number of carboxylic acids is 1. The lowest BCUT2D eigenvalue weighted by atomic mass is 9.88. The van der Waals surface area contributed by atoms with Gasteiger partial charge in [0.25, 0.3) is 0 Å². The third-order valence-electron chi connectivity index (χ3n) is 2.22. The maximum absolute atomic E-state index is 11.4. The molecule has 0 amide bonds. The van der Waals surface area contributed by atoms with Crippen molar-refractivity contribution >= 4 is 5.97 Å². The van der Waals surface area contributed by atoms with Gasteiger partial charge in [-0.05, 0) is 0 Å². The van der Waals surface area contributed by atoms with Crippen molar-refractivity contribution < 1.29 is 25.3 Å². The van der Waals surface area contributed by atoms with E-state index >= 15 is 0 Å². The summed E-state index contributed by atoms with van der Waals surface area (Å²) in [5, 5.41) is 25.3. The Morgan fingerprint density at radius 3 is 2.56 bits per heavy atom. The van der Waals surface area contributed by atoms with E-state index in [1.54, 1.807) is 0 Å². The van der Waals surface area contributed by atoms with Crippen molar-refractivity contribution in [3.8, 4) is 5.88 Å². The molecule has 0 aliphatic rings. The van der Waals surface area contributed by atoms with Crippen LogP contribution in [0.4, 0.5) is 0 Å². The third kappa shape index (κ3) is 2.52. The summed E-state index contributed by atoms with van der Waals surface area (Å²) in [6, 6.07) is -0.979. The van der Waals surface area contributed by atoms with Crippen molar-refractivity contribution in [2.45, 2.75) is 38.6 Å². The molecule has 0 aliphatic carbocycles. The molecule has 1 heterocycles. The van der Waals surface area contributed by atoms with Gasteiger partial charge in [0.1, 0.15) is 11.8 Å². The molecule has 1 atom stereocenters. The molecule has 0 unspecified atom stereocenters. The molecule has 0 aliphatic heterocycles. The van der Waals surface area contributed by atoms with Crippen LogP contribution in [0.3, 0.4) is 0 Å². The summed E-state index contributed by atoms with van der Waals surface area (Å²) in [5.74, 6) is -1.41. The smallest absolute Gasteiger partial charge is 0.144 e. The molecular formula is C10H15N2O4-. The standard InChI is InChI=1S/C10H16N2O4/c1-10(2,3)7-5(8(13)12-16-7)4-6(11)9(14)15/h6H,4,11H2,1-3H3,(H,12,13)(H,14,15)/p-1/t6-/m1/s1. The zero-order valence-corrected chi connectivity index (χ0v) is 9.57. The SMILES string of the molecule is CC(C)(C)c1onc([O-])c1C[C@@H]([NH3+])C(=O)[O-]. The van der Waals surface area contributed by atoms with Crippen LogP contribution in [-0.4, -0.2) is 17.2 Å². The van der Waals surface area contributed by atoms with Crippen LogP contribution >= 0.6 is 0 Å². The van der Waals surface area contributed by atoms with Crippen molar-refractivity contribution in [2.75, 3.05) is 0 Å². The van der Waals surface area contributed by atoms with Crippen LogP contribution in [0.5, 0.6) is 5.88 Å². The summed E-state index contributed by atoms with van der Waals surface area (Å²) in [6.07, 6.45) is -0.0166. The highest BCUT2D eigenvalue weighted by molar-refractivity contribution is 5.69. The van der Waals surface area contributed by atoms with E-state index in [1.165, 1.54) is 0 Å². The number of carbonyl (C=O) groups is 1. The van der Waals surface area contributed by atoms with E-state index < -0.39 is 23.3 Å². The first-order valence-corrected chi connectivity index (χ1v) is 4.93. The summed E-state index contributed by atoms with van der Waals surface area (Å²) in [7, 11) is 0. The van der Waals surface area contributed by atoms with Gasteiger partial charge in [-0.3, -0.25) is 0 Å². The fourth-order valence-corrected chi connectivity index (χ4v) is 1.39. The Morgan fingerprint density at radius 1 is 1.56 bits per heavy atom. The van der Waals surface area contributed by atoms with E-state index in [-0.39, 0.29) is 12.0 Å². The van der Waals surface area contributed by atoms with E-state index in [4.69, 9.17) is 4.52 Å². The van der Waals surface area contributed by atoms with Crippen LogP contribution in [0, 0.1) is 0 Å². The number of rotatable bonds is 3. The average molecular weight is 227 g/mol.